The Kier molecular flexibility index (Phi) is 8.83. The topological polar surface area (TPSA) is 93.9 Å². The third kappa shape index (κ3) is 7.32. The Morgan fingerprint density at radius 3 is 2.31 bits per heavy atom. The second kappa shape index (κ2) is 10.9. The lowest BCUT2D eigenvalue weighted by atomic mass is 9.98. The molecular weight excluding hydrogens is 420 g/mol. The van der Waals surface area contributed by atoms with E-state index in [0.717, 1.165) is 12.8 Å². The molecule has 0 bridgehead atoms. The van der Waals surface area contributed by atoms with Gasteiger partial charge < -0.3 is 25.4 Å². The maximum absolute atomic E-state index is 14.9. The number of piperidine rings is 1. The Morgan fingerprint density at radius 2 is 1.78 bits per heavy atom. The van der Waals surface area contributed by atoms with Crippen LogP contribution in [0.15, 0.2) is 24.3 Å². The van der Waals surface area contributed by atoms with Gasteiger partial charge in [0.2, 0.25) is 5.91 Å². The summed E-state index contributed by atoms with van der Waals surface area (Å²) in [4.78, 5) is 25.9. The lowest BCUT2D eigenvalue weighted by molar-refractivity contribution is -0.144. The van der Waals surface area contributed by atoms with Crippen LogP contribution in [0.5, 0.6) is 5.75 Å². The van der Waals surface area contributed by atoms with Gasteiger partial charge in [-0.1, -0.05) is 13.3 Å². The first-order chi connectivity index (χ1) is 14.9. The highest BCUT2D eigenvalue weighted by Gasteiger charge is 2.45. The molecule has 0 aliphatic carbocycles. The van der Waals surface area contributed by atoms with Crippen molar-refractivity contribution in [3.8, 4) is 5.75 Å². The largest absolute Gasteiger partial charge is 0.494 e. The first-order valence-corrected chi connectivity index (χ1v) is 11.1. The molecule has 2 amide bonds. The van der Waals surface area contributed by atoms with Gasteiger partial charge in [0.1, 0.15) is 11.4 Å². The fourth-order valence-corrected chi connectivity index (χ4v) is 3.36. The van der Waals surface area contributed by atoms with E-state index in [4.69, 9.17) is 15.2 Å². The van der Waals surface area contributed by atoms with Crippen LogP contribution in [0.2, 0.25) is 0 Å². The fourth-order valence-electron chi connectivity index (χ4n) is 3.36. The number of nitrogens with zero attached hydrogens (tertiary/aromatic N) is 1. The zero-order chi connectivity index (χ0) is 23.9. The van der Waals surface area contributed by atoms with Gasteiger partial charge in [-0.3, -0.25) is 4.79 Å². The number of rotatable bonds is 8. The van der Waals surface area contributed by atoms with E-state index in [1.807, 2.05) is 6.92 Å². The number of likely N-dealkylation sites (tertiary alicyclic amines) is 1. The van der Waals surface area contributed by atoms with E-state index in [-0.39, 0.29) is 24.7 Å². The monoisotopic (exact) mass is 455 g/mol. The van der Waals surface area contributed by atoms with Gasteiger partial charge in [-0.05, 0) is 64.3 Å². The summed E-state index contributed by atoms with van der Waals surface area (Å²) >= 11 is 0. The van der Waals surface area contributed by atoms with Crippen molar-refractivity contribution in [3.63, 3.8) is 0 Å². The number of carbonyl (C=O) groups is 2. The van der Waals surface area contributed by atoms with Crippen LogP contribution in [-0.2, 0) is 15.5 Å². The Morgan fingerprint density at radius 1 is 1.19 bits per heavy atom. The predicted octanol–water partition coefficient (Wildman–Crippen LogP) is 3.80. The van der Waals surface area contributed by atoms with Gasteiger partial charge in [0.05, 0.1) is 6.61 Å². The summed E-state index contributed by atoms with van der Waals surface area (Å²) in [5, 5.41) is 2.75. The molecule has 1 aromatic rings. The third-order valence-corrected chi connectivity index (χ3v) is 5.19. The minimum absolute atomic E-state index is 0.189. The van der Waals surface area contributed by atoms with Gasteiger partial charge in [0.25, 0.3) is 5.92 Å². The number of alkyl halides is 2. The number of nitrogens with two attached hydrogens (primary N) is 1. The zero-order valence-electron chi connectivity index (χ0n) is 19.3. The molecular formula is C23H35F2N3O4. The summed E-state index contributed by atoms with van der Waals surface area (Å²) in [5.74, 6) is -3.84. The molecule has 1 atom stereocenters. The van der Waals surface area contributed by atoms with Crippen LogP contribution in [0.4, 0.5) is 13.6 Å². The van der Waals surface area contributed by atoms with E-state index in [2.05, 4.69) is 5.32 Å². The number of benzene rings is 1. The highest BCUT2D eigenvalue weighted by molar-refractivity contribution is 5.83. The lowest BCUT2D eigenvalue weighted by Gasteiger charge is -2.35. The van der Waals surface area contributed by atoms with Crippen LogP contribution >= 0.6 is 0 Å². The second-order valence-corrected chi connectivity index (χ2v) is 9.07. The Hall–Kier alpha value is -2.42. The van der Waals surface area contributed by atoms with Crippen LogP contribution in [0.1, 0.15) is 58.9 Å². The molecule has 1 unspecified atom stereocenters. The van der Waals surface area contributed by atoms with Gasteiger partial charge in [-0.15, -0.1) is 0 Å². The van der Waals surface area contributed by atoms with Crippen LogP contribution in [0.25, 0.3) is 0 Å². The molecule has 0 spiro atoms. The molecule has 2 rings (SSSR count). The van der Waals surface area contributed by atoms with Crippen molar-refractivity contribution in [1.82, 2.24) is 10.2 Å². The number of unbranched alkanes of at least 4 members (excludes halogenated alkanes) is 1. The molecule has 0 saturated carbocycles. The van der Waals surface area contributed by atoms with Gasteiger partial charge in [-0.25, -0.2) is 4.79 Å². The van der Waals surface area contributed by atoms with Crippen LogP contribution in [0, 0.1) is 0 Å². The molecule has 0 aromatic heterocycles. The molecule has 7 nitrogen and oxygen atoms in total. The minimum atomic E-state index is -3.52. The van der Waals surface area contributed by atoms with Crippen molar-refractivity contribution >= 4 is 12.0 Å². The summed E-state index contributed by atoms with van der Waals surface area (Å²) in [5.41, 5.74) is 4.77. The van der Waals surface area contributed by atoms with E-state index in [1.165, 1.54) is 29.2 Å². The van der Waals surface area contributed by atoms with Crippen molar-refractivity contribution in [2.75, 3.05) is 19.7 Å². The highest BCUT2D eigenvalue weighted by atomic mass is 19.3. The van der Waals surface area contributed by atoms with Gasteiger partial charge >= 0.3 is 6.09 Å². The molecule has 3 N–H and O–H groups in total. The van der Waals surface area contributed by atoms with Crippen LogP contribution in [-0.4, -0.2) is 54.3 Å². The molecule has 1 saturated heterocycles. The number of nitrogens with one attached hydrogen (secondary N) is 1. The number of hydrogen-bond acceptors (Lipinski definition) is 5. The Balaban J connectivity index is 1.90. The number of hydrogen-bond donors (Lipinski definition) is 2. The van der Waals surface area contributed by atoms with E-state index >= 15 is 0 Å². The van der Waals surface area contributed by atoms with E-state index in [0.29, 0.717) is 25.2 Å². The molecule has 1 aromatic carbocycles. The smallest absolute Gasteiger partial charge is 0.407 e. The fraction of sp³-hybridized carbons (Fsp3) is 0.652. The summed E-state index contributed by atoms with van der Waals surface area (Å²) in [7, 11) is 0. The van der Waals surface area contributed by atoms with Crippen LogP contribution in [0.3, 0.4) is 0 Å². The van der Waals surface area contributed by atoms with Gasteiger partial charge in [0, 0.05) is 24.7 Å². The van der Waals surface area contributed by atoms with Gasteiger partial charge in [0.15, 0.2) is 6.04 Å². The van der Waals surface area contributed by atoms with Crippen molar-refractivity contribution in [2.45, 2.75) is 77.0 Å². The first-order valence-electron chi connectivity index (χ1n) is 11.1. The predicted molar refractivity (Wildman–Crippen MR) is 118 cm³/mol. The molecule has 1 aliphatic rings. The number of carbonyl (C=O) groups excluding carboxylic acids is 2. The summed E-state index contributed by atoms with van der Waals surface area (Å²) in [6, 6.07) is 3.22. The van der Waals surface area contributed by atoms with Crippen molar-refractivity contribution in [2.24, 2.45) is 5.73 Å². The SMILES string of the molecule is CCCCOc1ccc(C(F)(F)C(N)C(=O)N2CCC(NC(=O)OC(C)(C)C)CC2)cc1. The van der Waals surface area contributed by atoms with E-state index < -0.39 is 29.6 Å². The molecule has 9 heteroatoms. The minimum Gasteiger partial charge on any atom is -0.494 e. The summed E-state index contributed by atoms with van der Waals surface area (Å²) in [6.07, 6.45) is 2.19. The van der Waals surface area contributed by atoms with Gasteiger partial charge in [-0.2, -0.15) is 8.78 Å². The molecule has 180 valence electrons. The first kappa shape index (κ1) is 25.8. The van der Waals surface area contributed by atoms with Crippen molar-refractivity contribution in [3.05, 3.63) is 29.8 Å². The van der Waals surface area contributed by atoms with Crippen molar-refractivity contribution in [1.29, 1.82) is 0 Å². The third-order valence-electron chi connectivity index (χ3n) is 5.19. The number of amides is 2. The maximum Gasteiger partial charge on any atom is 0.407 e. The highest BCUT2D eigenvalue weighted by Crippen LogP contribution is 2.33. The Labute approximate surface area is 188 Å². The summed E-state index contributed by atoms with van der Waals surface area (Å²) < 4.78 is 40.5. The average Bonchev–Trinajstić information content (AvgIpc) is 2.72. The molecule has 0 radical (unpaired) electrons. The number of ether oxygens (including phenoxy) is 2. The maximum atomic E-state index is 14.9. The Bertz CT molecular complexity index is 758. The molecule has 1 fully saturated rings. The van der Waals surface area contributed by atoms with Crippen molar-refractivity contribution < 1.29 is 27.8 Å². The number of alkyl carbamates (subject to hydrolysis) is 1. The van der Waals surface area contributed by atoms with E-state index in [9.17, 15) is 18.4 Å². The molecule has 32 heavy (non-hydrogen) atoms. The lowest BCUT2D eigenvalue weighted by Crippen LogP contribution is -2.55. The molecule has 1 aliphatic heterocycles. The van der Waals surface area contributed by atoms with Crippen LogP contribution < -0.4 is 15.8 Å². The average molecular weight is 456 g/mol. The standard InChI is InChI=1S/C23H35F2N3O4/c1-5-6-15-31-18-9-7-16(8-10-18)23(24,25)19(26)20(29)28-13-11-17(12-14-28)27-21(30)32-22(2,3)4/h7-10,17,19H,5-6,11-15,26H2,1-4H3,(H,27,30). The molecule has 1 heterocycles. The number of halogens is 2. The van der Waals surface area contributed by atoms with E-state index in [1.54, 1.807) is 20.8 Å². The normalized spacial score (nSPS) is 16.4. The zero-order valence-corrected chi connectivity index (χ0v) is 19.3. The quantitative estimate of drug-likeness (QED) is 0.582. The second-order valence-electron chi connectivity index (χ2n) is 9.07. The summed E-state index contributed by atoms with van der Waals surface area (Å²) in [6.45, 7) is 8.31.